The second-order valence-corrected chi connectivity index (χ2v) is 5.66. The van der Waals surface area contributed by atoms with E-state index in [1.54, 1.807) is 4.68 Å². The fourth-order valence-corrected chi connectivity index (χ4v) is 2.83. The number of hydrogen-bond acceptors (Lipinski definition) is 3. The lowest BCUT2D eigenvalue weighted by Crippen LogP contribution is -2.13. The third kappa shape index (κ3) is 3.04. The van der Waals surface area contributed by atoms with E-state index in [2.05, 4.69) is 16.5 Å². The van der Waals surface area contributed by atoms with Crippen molar-refractivity contribution in [3.05, 3.63) is 47.3 Å². The lowest BCUT2D eigenvalue weighted by atomic mass is 9.96. The highest BCUT2D eigenvalue weighted by Gasteiger charge is 2.19. The second-order valence-electron chi connectivity index (χ2n) is 5.66. The predicted molar refractivity (Wildman–Crippen MR) is 85.2 cm³/mol. The van der Waals surface area contributed by atoms with Crippen molar-refractivity contribution in [2.75, 3.05) is 18.5 Å². The van der Waals surface area contributed by atoms with Crippen LogP contribution in [0.4, 0.5) is 5.69 Å². The van der Waals surface area contributed by atoms with Crippen LogP contribution in [0.25, 0.3) is 0 Å². The van der Waals surface area contributed by atoms with Crippen LogP contribution in [-0.2, 0) is 18.2 Å². The summed E-state index contributed by atoms with van der Waals surface area (Å²) >= 11 is 0. The summed E-state index contributed by atoms with van der Waals surface area (Å²) in [6, 6.07) is 7.82. The van der Waals surface area contributed by atoms with Crippen molar-refractivity contribution >= 4 is 11.6 Å². The maximum Gasteiger partial charge on any atom is 0.255 e. The molecular formula is C17H21N3O2. The Morgan fingerprint density at radius 3 is 3.09 bits per heavy atom. The van der Waals surface area contributed by atoms with Crippen molar-refractivity contribution < 1.29 is 9.53 Å². The lowest BCUT2D eigenvalue weighted by molar-refractivity contribution is 0.102. The molecule has 1 aliphatic rings. The molecule has 0 spiro atoms. The first-order chi connectivity index (χ1) is 10.7. The number of aromatic nitrogens is 2. The number of ether oxygens (including phenoxy) is 1. The number of nitrogens with zero attached hydrogens (tertiary/aromatic N) is 2. The summed E-state index contributed by atoms with van der Waals surface area (Å²) < 4.78 is 7.15. The van der Waals surface area contributed by atoms with Gasteiger partial charge in [-0.15, -0.1) is 0 Å². The van der Waals surface area contributed by atoms with Crippen molar-refractivity contribution in [1.82, 2.24) is 9.78 Å². The molecule has 0 radical (unpaired) electrons. The van der Waals surface area contributed by atoms with Crippen LogP contribution >= 0.6 is 0 Å². The van der Waals surface area contributed by atoms with Crippen LogP contribution in [0.3, 0.4) is 0 Å². The first kappa shape index (κ1) is 14.8. The van der Waals surface area contributed by atoms with Crippen molar-refractivity contribution in [2.24, 2.45) is 7.05 Å². The molecule has 3 rings (SSSR count). The van der Waals surface area contributed by atoms with Gasteiger partial charge in [-0.25, -0.2) is 0 Å². The van der Waals surface area contributed by atoms with E-state index in [0.717, 1.165) is 37.4 Å². The molecule has 1 aromatic heterocycles. The molecule has 2 heterocycles. The van der Waals surface area contributed by atoms with Gasteiger partial charge in [0.1, 0.15) is 0 Å². The summed E-state index contributed by atoms with van der Waals surface area (Å²) in [6.07, 6.45) is 3.65. The summed E-state index contributed by atoms with van der Waals surface area (Å²) in [5.74, 6) is 0.306. The molecule has 0 aliphatic carbocycles. The second kappa shape index (κ2) is 6.32. The molecule has 22 heavy (non-hydrogen) atoms. The molecule has 0 bridgehead atoms. The summed E-state index contributed by atoms with van der Waals surface area (Å²) in [4.78, 5) is 12.5. The summed E-state index contributed by atoms with van der Waals surface area (Å²) in [5.41, 5.74) is 3.53. The van der Waals surface area contributed by atoms with E-state index in [1.165, 1.54) is 5.56 Å². The Balaban J connectivity index is 1.78. The fraction of sp³-hybridized carbons (Fsp3) is 0.412. The van der Waals surface area contributed by atoms with Gasteiger partial charge >= 0.3 is 0 Å². The highest BCUT2D eigenvalue weighted by atomic mass is 16.5. The Labute approximate surface area is 130 Å². The van der Waals surface area contributed by atoms with Gasteiger partial charge in [0.25, 0.3) is 5.91 Å². The topological polar surface area (TPSA) is 56.2 Å². The molecule has 2 aromatic rings. The van der Waals surface area contributed by atoms with Crippen molar-refractivity contribution in [1.29, 1.82) is 0 Å². The molecule has 1 fully saturated rings. The zero-order chi connectivity index (χ0) is 15.5. The van der Waals surface area contributed by atoms with E-state index in [0.29, 0.717) is 11.5 Å². The number of anilines is 1. The van der Waals surface area contributed by atoms with Gasteiger partial charge in [-0.2, -0.15) is 5.10 Å². The number of rotatable bonds is 4. The molecule has 1 unspecified atom stereocenters. The van der Waals surface area contributed by atoms with Crippen LogP contribution in [0.1, 0.15) is 40.9 Å². The molecule has 1 amide bonds. The average molecular weight is 299 g/mol. The van der Waals surface area contributed by atoms with E-state index in [-0.39, 0.29) is 5.91 Å². The molecule has 116 valence electrons. The van der Waals surface area contributed by atoms with E-state index in [1.807, 2.05) is 38.4 Å². The molecule has 1 atom stereocenters. The summed E-state index contributed by atoms with van der Waals surface area (Å²) in [5, 5.41) is 7.30. The Morgan fingerprint density at radius 2 is 2.36 bits per heavy atom. The van der Waals surface area contributed by atoms with Crippen LogP contribution in [0.5, 0.6) is 0 Å². The maximum absolute atomic E-state index is 12.5. The van der Waals surface area contributed by atoms with Gasteiger partial charge in [-0.05, 0) is 30.5 Å². The first-order valence-corrected chi connectivity index (χ1v) is 7.69. The van der Waals surface area contributed by atoms with E-state index in [9.17, 15) is 4.79 Å². The Morgan fingerprint density at radius 1 is 1.50 bits per heavy atom. The van der Waals surface area contributed by atoms with Gasteiger partial charge in [0.05, 0.1) is 18.0 Å². The summed E-state index contributed by atoms with van der Waals surface area (Å²) in [7, 11) is 1.86. The number of carbonyl (C=O) groups excluding carboxylic acids is 1. The SMILES string of the molecule is CCc1nn(C)cc1NC(=O)c1cccc(C2CCOC2)c1. The summed E-state index contributed by atoms with van der Waals surface area (Å²) in [6.45, 7) is 3.57. The van der Waals surface area contributed by atoms with Crippen LogP contribution in [0.15, 0.2) is 30.5 Å². The number of carbonyl (C=O) groups is 1. The Hall–Kier alpha value is -2.14. The predicted octanol–water partition coefficient (Wildman–Crippen LogP) is 2.74. The molecule has 1 aromatic carbocycles. The number of benzene rings is 1. The van der Waals surface area contributed by atoms with Crippen molar-refractivity contribution in [3.63, 3.8) is 0 Å². The maximum atomic E-state index is 12.5. The van der Waals surface area contributed by atoms with Crippen LogP contribution < -0.4 is 5.32 Å². The smallest absolute Gasteiger partial charge is 0.255 e. The van der Waals surface area contributed by atoms with E-state index >= 15 is 0 Å². The molecule has 5 nitrogen and oxygen atoms in total. The third-order valence-corrected chi connectivity index (χ3v) is 4.04. The van der Waals surface area contributed by atoms with E-state index < -0.39 is 0 Å². The van der Waals surface area contributed by atoms with Crippen LogP contribution in [-0.4, -0.2) is 28.9 Å². The number of hydrogen-bond donors (Lipinski definition) is 1. The van der Waals surface area contributed by atoms with Crippen LogP contribution in [0, 0.1) is 0 Å². The largest absolute Gasteiger partial charge is 0.381 e. The minimum Gasteiger partial charge on any atom is -0.381 e. The monoisotopic (exact) mass is 299 g/mol. The zero-order valence-corrected chi connectivity index (χ0v) is 13.0. The van der Waals surface area contributed by atoms with Gasteiger partial charge in [0.15, 0.2) is 0 Å². The van der Waals surface area contributed by atoms with Gasteiger partial charge in [-0.1, -0.05) is 19.1 Å². The Bertz CT molecular complexity index is 672. The number of amides is 1. The Kier molecular flexibility index (Phi) is 4.24. The zero-order valence-electron chi connectivity index (χ0n) is 13.0. The van der Waals surface area contributed by atoms with Crippen molar-refractivity contribution in [3.8, 4) is 0 Å². The molecule has 1 aliphatic heterocycles. The van der Waals surface area contributed by atoms with Crippen LogP contribution in [0.2, 0.25) is 0 Å². The standard InChI is InChI=1S/C17H21N3O2/c1-3-15-16(10-20(2)19-15)18-17(21)13-6-4-5-12(9-13)14-7-8-22-11-14/h4-6,9-10,14H,3,7-8,11H2,1-2H3,(H,18,21). The van der Waals surface area contributed by atoms with Crippen molar-refractivity contribution in [2.45, 2.75) is 25.7 Å². The van der Waals surface area contributed by atoms with Gasteiger partial charge in [-0.3, -0.25) is 9.48 Å². The molecule has 1 saturated heterocycles. The highest BCUT2D eigenvalue weighted by molar-refractivity contribution is 6.04. The first-order valence-electron chi connectivity index (χ1n) is 7.69. The number of aryl methyl sites for hydroxylation is 2. The molecule has 5 heteroatoms. The minimum absolute atomic E-state index is 0.0940. The third-order valence-electron chi connectivity index (χ3n) is 4.04. The number of nitrogens with one attached hydrogen (secondary N) is 1. The molecular weight excluding hydrogens is 278 g/mol. The molecule has 0 saturated carbocycles. The van der Waals surface area contributed by atoms with Gasteiger partial charge < -0.3 is 10.1 Å². The van der Waals surface area contributed by atoms with Gasteiger partial charge in [0.2, 0.25) is 0 Å². The lowest BCUT2D eigenvalue weighted by Gasteiger charge is -2.10. The minimum atomic E-state index is -0.0940. The van der Waals surface area contributed by atoms with E-state index in [4.69, 9.17) is 4.74 Å². The average Bonchev–Trinajstić information content (AvgIpc) is 3.17. The fourth-order valence-electron chi connectivity index (χ4n) is 2.83. The molecule has 1 N–H and O–H groups in total. The van der Waals surface area contributed by atoms with Gasteiger partial charge in [0, 0.05) is 31.3 Å². The quantitative estimate of drug-likeness (QED) is 0.944. The normalized spacial score (nSPS) is 17.6. The highest BCUT2D eigenvalue weighted by Crippen LogP contribution is 2.26.